The van der Waals surface area contributed by atoms with Gasteiger partial charge in [0.15, 0.2) is 0 Å². The summed E-state index contributed by atoms with van der Waals surface area (Å²) in [4.78, 5) is 1.43. The van der Waals surface area contributed by atoms with Crippen LogP contribution in [0.25, 0.3) is 0 Å². The Labute approximate surface area is 121 Å². The Morgan fingerprint density at radius 2 is 1.95 bits per heavy atom. The molecule has 0 bridgehead atoms. The van der Waals surface area contributed by atoms with E-state index in [1.807, 2.05) is 11.8 Å². The van der Waals surface area contributed by atoms with Crippen LogP contribution in [0.4, 0.5) is 0 Å². The minimum Gasteiger partial charge on any atom is -0.326 e. The number of rotatable bonds is 2. The predicted molar refractivity (Wildman–Crippen MR) is 83.7 cm³/mol. The van der Waals surface area contributed by atoms with Gasteiger partial charge in [0.2, 0.25) is 0 Å². The molecular weight excluding hydrogens is 250 g/mol. The van der Waals surface area contributed by atoms with E-state index in [2.05, 4.69) is 32.0 Å². The summed E-state index contributed by atoms with van der Waals surface area (Å²) in [6, 6.07) is 7.38. The largest absolute Gasteiger partial charge is 0.326 e. The number of fused-ring (bicyclic) bond motifs is 1. The van der Waals surface area contributed by atoms with E-state index in [0.717, 1.165) is 0 Å². The highest BCUT2D eigenvalue weighted by Crippen LogP contribution is 2.42. The molecule has 0 aliphatic heterocycles. The molecule has 2 atom stereocenters. The smallest absolute Gasteiger partial charge is 0.0251 e. The zero-order chi connectivity index (χ0) is 13.5. The molecule has 2 aliphatic carbocycles. The highest BCUT2D eigenvalue weighted by atomic mass is 32.2. The van der Waals surface area contributed by atoms with Crippen LogP contribution in [0, 0.1) is 5.41 Å². The zero-order valence-electron chi connectivity index (χ0n) is 12.1. The second kappa shape index (κ2) is 5.14. The van der Waals surface area contributed by atoms with Gasteiger partial charge in [-0.1, -0.05) is 26.3 Å². The first kappa shape index (κ1) is 13.5. The molecule has 1 aromatic carbocycles. The maximum Gasteiger partial charge on any atom is 0.0251 e. The fourth-order valence-electron chi connectivity index (χ4n) is 3.54. The molecule has 3 rings (SSSR count). The van der Waals surface area contributed by atoms with Crippen molar-refractivity contribution in [3.63, 3.8) is 0 Å². The van der Waals surface area contributed by atoms with Crippen LogP contribution in [0.15, 0.2) is 23.1 Å². The van der Waals surface area contributed by atoms with E-state index in [4.69, 9.17) is 5.73 Å². The molecule has 0 spiro atoms. The molecule has 0 saturated heterocycles. The van der Waals surface area contributed by atoms with Gasteiger partial charge in [-0.05, 0) is 60.8 Å². The first-order valence-electron chi connectivity index (χ1n) is 7.60. The van der Waals surface area contributed by atoms with Crippen LogP contribution in [-0.2, 0) is 12.8 Å². The third kappa shape index (κ3) is 2.71. The van der Waals surface area contributed by atoms with Gasteiger partial charge in [-0.3, -0.25) is 0 Å². The van der Waals surface area contributed by atoms with Crippen molar-refractivity contribution >= 4 is 11.8 Å². The number of hydrogen-bond acceptors (Lipinski definition) is 2. The molecule has 0 amide bonds. The van der Waals surface area contributed by atoms with E-state index in [1.54, 1.807) is 11.1 Å². The Bertz CT molecular complexity index is 466. The maximum atomic E-state index is 6.50. The van der Waals surface area contributed by atoms with Crippen molar-refractivity contribution in [2.75, 3.05) is 0 Å². The number of hydrogen-bond donors (Lipinski definition) is 1. The molecule has 1 saturated carbocycles. The van der Waals surface area contributed by atoms with E-state index in [-0.39, 0.29) is 0 Å². The predicted octanol–water partition coefficient (Wildman–Crippen LogP) is 4.17. The van der Waals surface area contributed by atoms with Crippen molar-refractivity contribution in [2.24, 2.45) is 11.1 Å². The molecular formula is C17H25NS. The average Bonchev–Trinajstić information content (AvgIpc) is 2.82. The third-order valence-corrected chi connectivity index (χ3v) is 6.33. The summed E-state index contributed by atoms with van der Waals surface area (Å²) in [6.45, 7) is 4.65. The average molecular weight is 275 g/mol. The van der Waals surface area contributed by atoms with E-state index >= 15 is 0 Å². The number of thioether (sulfide) groups is 1. The van der Waals surface area contributed by atoms with Crippen LogP contribution in [0.3, 0.4) is 0 Å². The van der Waals surface area contributed by atoms with Gasteiger partial charge in [0.05, 0.1) is 0 Å². The normalized spacial score (nSPS) is 29.2. The standard InChI is InChI=1S/C17H25NS/c1-17(2)10-4-7-15(16(17)18)19-14-9-8-12-5-3-6-13(12)11-14/h8-9,11,15-16H,3-7,10,18H2,1-2H3. The fourth-order valence-corrected chi connectivity index (χ4v) is 5.04. The molecule has 2 aliphatic rings. The van der Waals surface area contributed by atoms with Crippen LogP contribution in [0.2, 0.25) is 0 Å². The van der Waals surface area contributed by atoms with Crippen molar-refractivity contribution < 1.29 is 0 Å². The Balaban J connectivity index is 1.74. The van der Waals surface area contributed by atoms with Gasteiger partial charge < -0.3 is 5.73 Å². The van der Waals surface area contributed by atoms with Crippen LogP contribution >= 0.6 is 11.8 Å². The summed E-state index contributed by atoms with van der Waals surface area (Å²) >= 11 is 2.02. The van der Waals surface area contributed by atoms with Gasteiger partial charge in [0, 0.05) is 16.2 Å². The Kier molecular flexibility index (Phi) is 3.65. The van der Waals surface area contributed by atoms with Gasteiger partial charge in [0.25, 0.3) is 0 Å². The first-order valence-corrected chi connectivity index (χ1v) is 8.48. The van der Waals surface area contributed by atoms with Crippen LogP contribution < -0.4 is 5.73 Å². The number of benzene rings is 1. The Morgan fingerprint density at radius 1 is 1.16 bits per heavy atom. The van der Waals surface area contributed by atoms with Gasteiger partial charge in [-0.2, -0.15) is 0 Å². The Morgan fingerprint density at radius 3 is 2.79 bits per heavy atom. The maximum absolute atomic E-state index is 6.50. The third-order valence-electron chi connectivity index (χ3n) is 4.97. The van der Waals surface area contributed by atoms with Gasteiger partial charge in [0.1, 0.15) is 0 Å². The molecule has 0 radical (unpaired) electrons. The molecule has 104 valence electrons. The molecule has 2 heteroatoms. The summed E-state index contributed by atoms with van der Waals surface area (Å²) in [5.74, 6) is 0. The van der Waals surface area contributed by atoms with Crippen molar-refractivity contribution in [1.29, 1.82) is 0 Å². The van der Waals surface area contributed by atoms with E-state index < -0.39 is 0 Å². The van der Waals surface area contributed by atoms with Crippen molar-refractivity contribution in [2.45, 2.75) is 68.6 Å². The molecule has 1 fully saturated rings. The van der Waals surface area contributed by atoms with Crippen molar-refractivity contribution in [1.82, 2.24) is 0 Å². The second-order valence-corrected chi connectivity index (χ2v) is 8.16. The van der Waals surface area contributed by atoms with E-state index in [9.17, 15) is 0 Å². The lowest BCUT2D eigenvalue weighted by Crippen LogP contribution is -2.48. The van der Waals surface area contributed by atoms with Crippen LogP contribution in [0.1, 0.15) is 50.7 Å². The second-order valence-electron chi connectivity index (χ2n) is 6.85. The van der Waals surface area contributed by atoms with Crippen molar-refractivity contribution in [3.8, 4) is 0 Å². The first-order chi connectivity index (χ1) is 9.06. The highest BCUT2D eigenvalue weighted by molar-refractivity contribution is 8.00. The van der Waals surface area contributed by atoms with Crippen LogP contribution in [-0.4, -0.2) is 11.3 Å². The lowest BCUT2D eigenvalue weighted by atomic mass is 9.73. The monoisotopic (exact) mass is 275 g/mol. The Hall–Kier alpha value is -0.470. The summed E-state index contributed by atoms with van der Waals surface area (Å²) < 4.78 is 0. The number of nitrogens with two attached hydrogens (primary N) is 1. The number of aryl methyl sites for hydroxylation is 2. The molecule has 0 heterocycles. The van der Waals surface area contributed by atoms with Gasteiger partial charge in [-0.25, -0.2) is 0 Å². The molecule has 0 aromatic heterocycles. The minimum absolute atomic E-state index is 0.298. The molecule has 19 heavy (non-hydrogen) atoms. The lowest BCUT2D eigenvalue weighted by molar-refractivity contribution is 0.208. The molecule has 1 aromatic rings. The van der Waals surface area contributed by atoms with Gasteiger partial charge >= 0.3 is 0 Å². The van der Waals surface area contributed by atoms with E-state index in [1.165, 1.54) is 43.4 Å². The summed E-state index contributed by atoms with van der Waals surface area (Å²) in [6.07, 6.45) is 7.74. The quantitative estimate of drug-likeness (QED) is 0.876. The summed E-state index contributed by atoms with van der Waals surface area (Å²) in [5, 5.41) is 0.586. The topological polar surface area (TPSA) is 26.0 Å². The highest BCUT2D eigenvalue weighted by Gasteiger charge is 2.36. The zero-order valence-corrected chi connectivity index (χ0v) is 12.9. The van der Waals surface area contributed by atoms with Crippen LogP contribution in [0.5, 0.6) is 0 Å². The molecule has 2 N–H and O–H groups in total. The fraction of sp³-hybridized carbons (Fsp3) is 0.647. The summed E-state index contributed by atoms with van der Waals surface area (Å²) in [7, 11) is 0. The lowest BCUT2D eigenvalue weighted by Gasteiger charge is -2.41. The summed E-state index contributed by atoms with van der Waals surface area (Å²) in [5.41, 5.74) is 9.94. The van der Waals surface area contributed by atoms with Crippen molar-refractivity contribution in [3.05, 3.63) is 29.3 Å². The van der Waals surface area contributed by atoms with E-state index in [0.29, 0.717) is 16.7 Å². The molecule has 2 unspecified atom stereocenters. The minimum atomic E-state index is 0.298. The molecule has 1 nitrogen and oxygen atoms in total. The SMILES string of the molecule is CC1(C)CCCC(Sc2ccc3c(c2)CCC3)C1N. The van der Waals surface area contributed by atoms with Gasteiger partial charge in [-0.15, -0.1) is 11.8 Å².